The number of nitrogens with zero attached hydrogens (tertiary/aromatic N) is 2. The lowest BCUT2D eigenvalue weighted by atomic mass is 10.0. The van der Waals surface area contributed by atoms with Gasteiger partial charge in [0.25, 0.3) is 5.91 Å². The Morgan fingerprint density at radius 1 is 1.03 bits per heavy atom. The second kappa shape index (κ2) is 9.04. The molecule has 0 bridgehead atoms. The Hall–Kier alpha value is -3.33. The van der Waals surface area contributed by atoms with E-state index in [1.165, 1.54) is 23.5 Å². The van der Waals surface area contributed by atoms with Crippen LogP contribution in [0.1, 0.15) is 5.56 Å². The Kier molecular flexibility index (Phi) is 6.18. The summed E-state index contributed by atoms with van der Waals surface area (Å²) in [7, 11) is -3.82. The number of nitrogens with two attached hydrogens (primary N) is 1. The van der Waals surface area contributed by atoms with Crippen LogP contribution in [0.3, 0.4) is 0 Å². The van der Waals surface area contributed by atoms with Crippen molar-refractivity contribution in [2.24, 2.45) is 10.1 Å². The van der Waals surface area contributed by atoms with Crippen molar-refractivity contribution in [1.29, 1.82) is 0 Å². The maximum absolute atomic E-state index is 12.7. The van der Waals surface area contributed by atoms with Crippen molar-refractivity contribution in [2.45, 2.75) is 17.9 Å². The number of amides is 1. The van der Waals surface area contributed by atoms with Gasteiger partial charge in [0.2, 0.25) is 10.0 Å². The Morgan fingerprint density at radius 2 is 1.72 bits per heavy atom. The Morgan fingerprint density at radius 3 is 2.38 bits per heavy atom. The number of carbonyl (C=O) groups is 1. The van der Waals surface area contributed by atoms with E-state index in [1.54, 1.807) is 12.1 Å². The summed E-state index contributed by atoms with van der Waals surface area (Å²) in [5.74, 6) is -0.284. The van der Waals surface area contributed by atoms with Gasteiger partial charge in [-0.05, 0) is 34.9 Å². The molecular formula is C24H21N3O3S2. The van der Waals surface area contributed by atoms with Gasteiger partial charge >= 0.3 is 0 Å². The first-order chi connectivity index (χ1) is 15.3. The molecule has 0 fully saturated rings. The third-order valence-corrected chi connectivity index (χ3v) is 6.88. The van der Waals surface area contributed by atoms with Crippen LogP contribution >= 0.6 is 11.3 Å². The number of hydrogen-bond donors (Lipinski definition) is 1. The molecule has 0 spiro atoms. The smallest absolute Gasteiger partial charge is 0.252 e. The minimum Gasteiger partial charge on any atom is -0.313 e. The zero-order valence-electron chi connectivity index (χ0n) is 17.1. The molecule has 1 amide bonds. The van der Waals surface area contributed by atoms with E-state index in [0.29, 0.717) is 16.0 Å². The highest BCUT2D eigenvalue weighted by molar-refractivity contribution is 7.89. The van der Waals surface area contributed by atoms with Crippen LogP contribution in [0.25, 0.3) is 21.3 Å². The van der Waals surface area contributed by atoms with Crippen LogP contribution in [0.5, 0.6) is 0 Å². The maximum Gasteiger partial charge on any atom is 0.252 e. The number of primary sulfonamides is 1. The number of benzene rings is 3. The van der Waals surface area contributed by atoms with Gasteiger partial charge < -0.3 is 4.57 Å². The molecule has 32 heavy (non-hydrogen) atoms. The second-order valence-corrected chi connectivity index (χ2v) is 9.77. The summed E-state index contributed by atoms with van der Waals surface area (Å²) in [6.07, 6.45) is 1.87. The second-order valence-electron chi connectivity index (χ2n) is 7.20. The van der Waals surface area contributed by atoms with E-state index < -0.39 is 10.0 Å². The normalized spacial score (nSPS) is 12.2. The fourth-order valence-corrected chi connectivity index (χ4v) is 5.10. The number of fused-ring (bicyclic) bond motifs is 1. The fourth-order valence-electron chi connectivity index (χ4n) is 3.39. The predicted molar refractivity (Wildman–Crippen MR) is 128 cm³/mol. The summed E-state index contributed by atoms with van der Waals surface area (Å²) in [6.45, 7) is 4.20. The van der Waals surface area contributed by atoms with Gasteiger partial charge in [-0.25, -0.2) is 13.6 Å². The average Bonchev–Trinajstić information content (AvgIpc) is 3.10. The van der Waals surface area contributed by atoms with E-state index >= 15 is 0 Å². The van der Waals surface area contributed by atoms with Crippen molar-refractivity contribution in [1.82, 2.24) is 4.57 Å². The molecule has 0 unspecified atom stereocenters. The van der Waals surface area contributed by atoms with Crippen LogP contribution in [0, 0.1) is 0 Å². The molecule has 8 heteroatoms. The van der Waals surface area contributed by atoms with E-state index in [-0.39, 0.29) is 17.2 Å². The first-order valence-corrected chi connectivity index (χ1v) is 12.2. The Balaban J connectivity index is 1.63. The van der Waals surface area contributed by atoms with Gasteiger partial charge in [-0.2, -0.15) is 4.99 Å². The quantitative estimate of drug-likeness (QED) is 0.440. The van der Waals surface area contributed by atoms with E-state index in [2.05, 4.69) is 11.6 Å². The number of thiazole rings is 1. The van der Waals surface area contributed by atoms with Gasteiger partial charge in [0.15, 0.2) is 4.80 Å². The average molecular weight is 464 g/mol. The zero-order chi connectivity index (χ0) is 22.7. The summed E-state index contributed by atoms with van der Waals surface area (Å²) in [4.78, 5) is 17.5. The molecule has 6 nitrogen and oxygen atoms in total. The Labute approximate surface area is 190 Å². The number of carbonyl (C=O) groups excluding carboxylic acids is 1. The number of rotatable bonds is 6. The topological polar surface area (TPSA) is 94.5 Å². The first kappa shape index (κ1) is 21.9. The van der Waals surface area contributed by atoms with E-state index in [1.807, 2.05) is 59.2 Å². The molecule has 0 saturated carbocycles. The van der Waals surface area contributed by atoms with Crippen molar-refractivity contribution in [2.75, 3.05) is 0 Å². The third kappa shape index (κ3) is 4.77. The van der Waals surface area contributed by atoms with E-state index in [0.717, 1.165) is 22.2 Å². The van der Waals surface area contributed by atoms with Crippen LogP contribution in [0.4, 0.5) is 0 Å². The molecule has 1 heterocycles. The summed E-state index contributed by atoms with van der Waals surface area (Å²) >= 11 is 1.24. The molecule has 3 aromatic carbocycles. The van der Waals surface area contributed by atoms with Crippen molar-refractivity contribution >= 4 is 37.5 Å². The van der Waals surface area contributed by atoms with Crippen LogP contribution in [-0.2, 0) is 27.8 Å². The molecule has 0 saturated heterocycles. The standard InChI is InChI=1S/C24H21N3O3S2/c1-2-14-27-21-13-12-20(32(25,29)30)16-22(21)31-24(27)26-23(28)15-17-8-10-19(11-9-17)18-6-4-3-5-7-18/h2-13,16H,1,14-15H2,(H2,25,29,30). The highest BCUT2D eigenvalue weighted by Crippen LogP contribution is 2.22. The first-order valence-electron chi connectivity index (χ1n) is 9.84. The fraction of sp³-hybridized carbons (Fsp3) is 0.0833. The van der Waals surface area contributed by atoms with Crippen LogP contribution in [0.15, 0.2) is 95.3 Å². The van der Waals surface area contributed by atoms with Gasteiger partial charge in [0, 0.05) is 6.54 Å². The maximum atomic E-state index is 12.7. The highest BCUT2D eigenvalue weighted by Gasteiger charge is 2.13. The summed E-state index contributed by atoms with van der Waals surface area (Å²) in [6, 6.07) is 22.5. The SMILES string of the molecule is C=CCn1c(=NC(=O)Cc2ccc(-c3ccccc3)cc2)sc2cc(S(N)(=O)=O)ccc21. The minimum atomic E-state index is -3.82. The summed E-state index contributed by atoms with van der Waals surface area (Å²) < 4.78 is 25.9. The summed E-state index contributed by atoms with van der Waals surface area (Å²) in [5.41, 5.74) is 3.83. The van der Waals surface area contributed by atoms with Crippen LogP contribution < -0.4 is 9.94 Å². The van der Waals surface area contributed by atoms with E-state index in [9.17, 15) is 13.2 Å². The molecule has 162 valence electrons. The molecule has 4 rings (SSSR count). The van der Waals surface area contributed by atoms with Crippen molar-refractivity contribution in [3.8, 4) is 11.1 Å². The molecule has 0 aliphatic heterocycles. The monoisotopic (exact) mass is 463 g/mol. The largest absolute Gasteiger partial charge is 0.313 e. The molecule has 0 radical (unpaired) electrons. The van der Waals surface area contributed by atoms with Crippen molar-refractivity contribution in [3.05, 3.63) is 95.8 Å². The molecule has 1 aromatic heterocycles. The molecular weight excluding hydrogens is 442 g/mol. The van der Waals surface area contributed by atoms with Crippen LogP contribution in [-0.4, -0.2) is 18.9 Å². The lowest BCUT2D eigenvalue weighted by molar-refractivity contribution is -0.117. The van der Waals surface area contributed by atoms with Crippen LogP contribution in [0.2, 0.25) is 0 Å². The molecule has 2 N–H and O–H groups in total. The number of aromatic nitrogens is 1. The zero-order valence-corrected chi connectivity index (χ0v) is 18.8. The summed E-state index contributed by atoms with van der Waals surface area (Å²) in [5, 5.41) is 5.24. The highest BCUT2D eigenvalue weighted by atomic mass is 32.2. The predicted octanol–water partition coefficient (Wildman–Crippen LogP) is 3.87. The number of sulfonamides is 1. The lowest BCUT2D eigenvalue weighted by Gasteiger charge is -2.04. The molecule has 4 aromatic rings. The van der Waals surface area contributed by atoms with Gasteiger partial charge in [-0.3, -0.25) is 4.79 Å². The third-order valence-electron chi connectivity index (χ3n) is 4.93. The molecule has 0 atom stereocenters. The lowest BCUT2D eigenvalue weighted by Crippen LogP contribution is -2.17. The minimum absolute atomic E-state index is 0.0217. The number of allylic oxidation sites excluding steroid dienone is 1. The van der Waals surface area contributed by atoms with Gasteiger partial charge in [0.1, 0.15) is 0 Å². The van der Waals surface area contributed by atoms with E-state index in [4.69, 9.17) is 5.14 Å². The van der Waals surface area contributed by atoms with Gasteiger partial charge in [0.05, 0.1) is 21.5 Å². The Bertz CT molecular complexity index is 1470. The molecule has 0 aliphatic carbocycles. The van der Waals surface area contributed by atoms with Crippen molar-refractivity contribution in [3.63, 3.8) is 0 Å². The van der Waals surface area contributed by atoms with Gasteiger partial charge in [-0.1, -0.05) is 72.0 Å². The molecule has 0 aliphatic rings. The van der Waals surface area contributed by atoms with Gasteiger partial charge in [-0.15, -0.1) is 6.58 Å². The number of hydrogen-bond acceptors (Lipinski definition) is 4. The van der Waals surface area contributed by atoms with Crippen molar-refractivity contribution < 1.29 is 13.2 Å².